The van der Waals surface area contributed by atoms with Crippen molar-refractivity contribution in [2.75, 3.05) is 6.61 Å². The van der Waals surface area contributed by atoms with Crippen molar-refractivity contribution >= 4 is 23.6 Å². The van der Waals surface area contributed by atoms with Crippen LogP contribution in [0.5, 0.6) is 11.5 Å². The molecule has 0 saturated carbocycles. The van der Waals surface area contributed by atoms with Gasteiger partial charge in [0.1, 0.15) is 11.5 Å². The average molecular weight is 436 g/mol. The maximum absolute atomic E-state index is 11.8. The molecule has 2 aliphatic rings. The van der Waals surface area contributed by atoms with Crippen LogP contribution in [0.1, 0.15) is 49.1 Å². The Hall–Kier alpha value is -3.68. The minimum absolute atomic E-state index is 0.0929. The lowest BCUT2D eigenvalue weighted by atomic mass is 9.97. The van der Waals surface area contributed by atoms with Crippen molar-refractivity contribution < 1.29 is 28.7 Å². The first-order valence-corrected chi connectivity index (χ1v) is 10.6. The maximum atomic E-state index is 11.8. The summed E-state index contributed by atoms with van der Waals surface area (Å²) in [6, 6.07) is 14.4. The minimum atomic E-state index is -0.433. The van der Waals surface area contributed by atoms with Crippen LogP contribution < -0.4 is 20.1 Å². The minimum Gasteiger partial charge on any atom is -0.493 e. The molecule has 4 rings (SSSR count). The van der Waals surface area contributed by atoms with Crippen molar-refractivity contribution in [3.05, 3.63) is 59.7 Å². The second kappa shape index (κ2) is 9.21. The Morgan fingerprint density at radius 3 is 1.69 bits per heavy atom. The number of carbonyl (C=O) groups excluding carboxylic acids is 4. The molecule has 0 unspecified atom stereocenters. The van der Waals surface area contributed by atoms with Crippen LogP contribution in [-0.2, 0) is 19.2 Å². The molecule has 0 bridgehead atoms. The van der Waals surface area contributed by atoms with E-state index in [4.69, 9.17) is 9.47 Å². The van der Waals surface area contributed by atoms with Gasteiger partial charge in [-0.2, -0.15) is 0 Å². The highest BCUT2D eigenvalue weighted by atomic mass is 16.5. The van der Waals surface area contributed by atoms with Crippen LogP contribution in [0.15, 0.2) is 48.5 Å². The third-order valence-electron chi connectivity index (χ3n) is 5.63. The van der Waals surface area contributed by atoms with Crippen LogP contribution in [0.4, 0.5) is 0 Å². The van der Waals surface area contributed by atoms with Crippen LogP contribution in [0.2, 0.25) is 0 Å². The summed E-state index contributed by atoms with van der Waals surface area (Å²) in [7, 11) is 0. The Morgan fingerprint density at radius 1 is 0.781 bits per heavy atom. The molecule has 0 aromatic heterocycles. The van der Waals surface area contributed by atoms with Gasteiger partial charge < -0.3 is 9.47 Å². The van der Waals surface area contributed by atoms with Gasteiger partial charge in [0.15, 0.2) is 0 Å². The van der Waals surface area contributed by atoms with Gasteiger partial charge in [0.05, 0.1) is 24.5 Å². The molecule has 166 valence electrons. The largest absolute Gasteiger partial charge is 0.493 e. The lowest BCUT2D eigenvalue weighted by Gasteiger charge is -2.16. The van der Waals surface area contributed by atoms with E-state index >= 15 is 0 Å². The molecular formula is C24H24N2O6. The first-order valence-electron chi connectivity index (χ1n) is 10.6. The molecule has 2 aliphatic heterocycles. The summed E-state index contributed by atoms with van der Waals surface area (Å²) in [5, 5.41) is 4.63. The fourth-order valence-corrected chi connectivity index (χ4v) is 3.85. The standard InChI is InChI=1S/C24H24N2O6/c1-14(32-18-8-4-16(5-9-18)20-13-22(28)26-24(20)30)10-11-31-17-6-2-15(3-7-17)19-12-21(27)25-23(19)29/h2-9,14,19-20H,10-13H2,1H3,(H,25,27,29)(H,26,28,30)/t14-,19-,20-/m1/s1. The number of rotatable bonds is 8. The van der Waals surface area contributed by atoms with Gasteiger partial charge in [-0.15, -0.1) is 0 Å². The molecule has 2 heterocycles. The highest BCUT2D eigenvalue weighted by molar-refractivity contribution is 6.06. The molecule has 2 aromatic carbocycles. The molecule has 0 spiro atoms. The number of carbonyl (C=O) groups is 4. The van der Waals surface area contributed by atoms with E-state index in [1.165, 1.54) is 0 Å². The molecule has 8 nitrogen and oxygen atoms in total. The molecule has 0 radical (unpaired) electrons. The molecule has 2 N–H and O–H groups in total. The maximum Gasteiger partial charge on any atom is 0.234 e. The summed E-state index contributed by atoms with van der Waals surface area (Å²) in [5.41, 5.74) is 1.58. The highest BCUT2D eigenvalue weighted by Crippen LogP contribution is 2.27. The van der Waals surface area contributed by atoms with E-state index in [1.807, 2.05) is 6.92 Å². The third kappa shape index (κ3) is 4.96. The summed E-state index contributed by atoms with van der Waals surface area (Å²) in [6.45, 7) is 2.39. The summed E-state index contributed by atoms with van der Waals surface area (Å²) >= 11 is 0. The van der Waals surface area contributed by atoms with E-state index in [9.17, 15) is 19.2 Å². The molecule has 32 heavy (non-hydrogen) atoms. The van der Waals surface area contributed by atoms with Gasteiger partial charge in [0.25, 0.3) is 0 Å². The van der Waals surface area contributed by atoms with E-state index in [0.29, 0.717) is 24.5 Å². The lowest BCUT2D eigenvalue weighted by molar-refractivity contribution is -0.126. The molecule has 0 aliphatic carbocycles. The number of amides is 4. The molecule has 4 amide bonds. The van der Waals surface area contributed by atoms with Gasteiger partial charge in [-0.25, -0.2) is 0 Å². The molecule has 3 atom stereocenters. The number of hydrogen-bond donors (Lipinski definition) is 2. The van der Waals surface area contributed by atoms with Crippen molar-refractivity contribution in [2.45, 2.75) is 44.1 Å². The van der Waals surface area contributed by atoms with Gasteiger partial charge in [0, 0.05) is 19.3 Å². The summed E-state index contributed by atoms with van der Waals surface area (Å²) < 4.78 is 11.7. The topological polar surface area (TPSA) is 111 Å². The van der Waals surface area contributed by atoms with Gasteiger partial charge >= 0.3 is 0 Å². The fourth-order valence-electron chi connectivity index (χ4n) is 3.85. The second-order valence-electron chi connectivity index (χ2n) is 8.04. The Labute approximate surface area is 185 Å². The van der Waals surface area contributed by atoms with Crippen molar-refractivity contribution in [1.29, 1.82) is 0 Å². The Morgan fingerprint density at radius 2 is 1.25 bits per heavy atom. The average Bonchev–Trinajstić information content (AvgIpc) is 3.28. The quantitative estimate of drug-likeness (QED) is 0.614. The van der Waals surface area contributed by atoms with Gasteiger partial charge in [-0.1, -0.05) is 24.3 Å². The number of hydrogen-bond acceptors (Lipinski definition) is 6. The summed E-state index contributed by atoms with van der Waals surface area (Å²) in [4.78, 5) is 46.3. The fraction of sp³-hybridized carbons (Fsp3) is 0.333. The van der Waals surface area contributed by atoms with Crippen LogP contribution in [-0.4, -0.2) is 36.3 Å². The zero-order chi connectivity index (χ0) is 22.7. The smallest absolute Gasteiger partial charge is 0.234 e. The second-order valence-corrected chi connectivity index (χ2v) is 8.04. The van der Waals surface area contributed by atoms with Crippen LogP contribution in [0.25, 0.3) is 0 Å². The third-order valence-corrected chi connectivity index (χ3v) is 5.63. The first kappa shape index (κ1) is 21.5. The van der Waals surface area contributed by atoms with E-state index in [-0.39, 0.29) is 42.6 Å². The molecule has 8 heteroatoms. The molecule has 2 saturated heterocycles. The van der Waals surface area contributed by atoms with E-state index in [2.05, 4.69) is 10.6 Å². The highest BCUT2D eigenvalue weighted by Gasteiger charge is 2.32. The van der Waals surface area contributed by atoms with E-state index in [1.54, 1.807) is 48.5 Å². The Balaban J connectivity index is 1.22. The number of ether oxygens (including phenoxy) is 2. The summed E-state index contributed by atoms with van der Waals surface area (Å²) in [6.07, 6.45) is 0.924. The molecular weight excluding hydrogens is 412 g/mol. The van der Waals surface area contributed by atoms with Crippen molar-refractivity contribution in [3.8, 4) is 11.5 Å². The van der Waals surface area contributed by atoms with Crippen LogP contribution in [0.3, 0.4) is 0 Å². The van der Waals surface area contributed by atoms with Gasteiger partial charge in [0.2, 0.25) is 23.6 Å². The SMILES string of the molecule is C[C@H](CCOc1ccc([C@H]2CC(=O)NC2=O)cc1)Oc1ccc([C@H]2CC(=O)NC2=O)cc1. The van der Waals surface area contributed by atoms with E-state index in [0.717, 1.165) is 11.1 Å². The van der Waals surface area contributed by atoms with Crippen molar-refractivity contribution in [1.82, 2.24) is 10.6 Å². The monoisotopic (exact) mass is 436 g/mol. The number of nitrogens with one attached hydrogen (secondary N) is 2. The van der Waals surface area contributed by atoms with Crippen LogP contribution >= 0.6 is 0 Å². The predicted molar refractivity (Wildman–Crippen MR) is 114 cm³/mol. The van der Waals surface area contributed by atoms with Crippen molar-refractivity contribution in [3.63, 3.8) is 0 Å². The van der Waals surface area contributed by atoms with Crippen molar-refractivity contribution in [2.24, 2.45) is 0 Å². The zero-order valence-electron chi connectivity index (χ0n) is 17.6. The predicted octanol–water partition coefficient (Wildman–Crippen LogP) is 2.18. The Bertz CT molecular complexity index is 1030. The number of benzene rings is 2. The summed E-state index contributed by atoms with van der Waals surface area (Å²) in [5.74, 6) is -0.521. The van der Waals surface area contributed by atoms with E-state index < -0.39 is 11.8 Å². The lowest BCUT2D eigenvalue weighted by Crippen LogP contribution is -2.21. The zero-order valence-corrected chi connectivity index (χ0v) is 17.6. The first-order chi connectivity index (χ1) is 15.4. The Kier molecular flexibility index (Phi) is 6.20. The number of imide groups is 2. The van der Waals surface area contributed by atoms with Gasteiger partial charge in [-0.3, -0.25) is 29.8 Å². The van der Waals surface area contributed by atoms with Gasteiger partial charge in [-0.05, 0) is 42.3 Å². The molecule has 2 aromatic rings. The van der Waals surface area contributed by atoms with Crippen LogP contribution in [0, 0.1) is 0 Å². The normalized spacial score (nSPS) is 21.3. The molecule has 2 fully saturated rings.